The third-order valence-electron chi connectivity index (χ3n) is 3.89. The van der Waals surface area contributed by atoms with Crippen molar-refractivity contribution in [2.24, 2.45) is 4.99 Å². The van der Waals surface area contributed by atoms with Crippen molar-refractivity contribution in [3.05, 3.63) is 41.6 Å². The first-order valence-electron chi connectivity index (χ1n) is 7.19. The van der Waals surface area contributed by atoms with E-state index in [1.54, 1.807) is 0 Å². The Morgan fingerprint density at radius 1 is 1.32 bits per heavy atom. The van der Waals surface area contributed by atoms with Crippen molar-refractivity contribution in [2.75, 3.05) is 18.4 Å². The molecule has 1 N–H and O–H groups in total. The van der Waals surface area contributed by atoms with Crippen molar-refractivity contribution in [3.8, 4) is 0 Å². The number of nitrogens with zero attached hydrogens (tertiary/aromatic N) is 2. The van der Waals surface area contributed by atoms with Gasteiger partial charge >= 0.3 is 0 Å². The zero-order chi connectivity index (χ0) is 13.1. The predicted octanol–water partition coefficient (Wildman–Crippen LogP) is 3.57. The fraction of sp³-hybridized carbons (Fsp3) is 0.438. The van der Waals surface area contributed by atoms with Crippen LogP contribution >= 0.6 is 0 Å². The van der Waals surface area contributed by atoms with E-state index in [0.29, 0.717) is 6.04 Å². The molecule has 0 spiro atoms. The average Bonchev–Trinajstić information content (AvgIpc) is 2.48. The van der Waals surface area contributed by atoms with Gasteiger partial charge in [0.25, 0.3) is 0 Å². The molecule has 3 rings (SSSR count). The molecule has 100 valence electrons. The first-order chi connectivity index (χ1) is 9.38. The predicted molar refractivity (Wildman–Crippen MR) is 80.5 cm³/mol. The van der Waals surface area contributed by atoms with Gasteiger partial charge in [-0.15, -0.1) is 0 Å². The van der Waals surface area contributed by atoms with Crippen LogP contribution in [0.5, 0.6) is 0 Å². The Bertz CT molecular complexity index is 487. The molecule has 1 atom stereocenters. The summed E-state index contributed by atoms with van der Waals surface area (Å²) in [6, 6.07) is 9.30. The maximum absolute atomic E-state index is 4.40. The zero-order valence-corrected chi connectivity index (χ0v) is 11.5. The first kappa shape index (κ1) is 12.3. The summed E-state index contributed by atoms with van der Waals surface area (Å²) >= 11 is 0. The Kier molecular flexibility index (Phi) is 3.53. The monoisotopic (exact) mass is 255 g/mol. The van der Waals surface area contributed by atoms with Gasteiger partial charge in [0.1, 0.15) is 0 Å². The molecular weight excluding hydrogens is 234 g/mol. The van der Waals surface area contributed by atoms with E-state index in [4.69, 9.17) is 0 Å². The van der Waals surface area contributed by atoms with E-state index in [0.717, 1.165) is 13.1 Å². The molecule has 1 aromatic carbocycles. The highest BCUT2D eigenvalue weighted by molar-refractivity contribution is 5.61. The number of hydrogen-bond donors (Lipinski definition) is 1. The van der Waals surface area contributed by atoms with Crippen LogP contribution in [0.25, 0.3) is 0 Å². The number of fused-ring (bicyclic) bond motifs is 1. The van der Waals surface area contributed by atoms with Crippen LogP contribution in [-0.4, -0.2) is 24.3 Å². The van der Waals surface area contributed by atoms with Crippen molar-refractivity contribution in [3.63, 3.8) is 0 Å². The summed E-state index contributed by atoms with van der Waals surface area (Å²) in [5.74, 6) is 0. The fourth-order valence-electron chi connectivity index (χ4n) is 2.95. The molecule has 0 radical (unpaired) electrons. The van der Waals surface area contributed by atoms with Crippen LogP contribution < -0.4 is 5.32 Å². The molecule has 0 bridgehead atoms. The fourth-order valence-corrected chi connectivity index (χ4v) is 2.95. The molecule has 3 nitrogen and oxygen atoms in total. The van der Waals surface area contributed by atoms with Crippen LogP contribution in [0.1, 0.15) is 37.8 Å². The second kappa shape index (κ2) is 5.47. The van der Waals surface area contributed by atoms with E-state index < -0.39 is 0 Å². The highest BCUT2D eigenvalue weighted by atomic mass is 15.2. The van der Waals surface area contributed by atoms with Crippen LogP contribution in [0.3, 0.4) is 0 Å². The highest BCUT2D eigenvalue weighted by Gasteiger charge is 2.26. The van der Waals surface area contributed by atoms with Crippen molar-refractivity contribution < 1.29 is 0 Å². The molecular formula is C16H21N3. The van der Waals surface area contributed by atoms with E-state index in [9.17, 15) is 0 Å². The number of aliphatic imine (C=N–C) groups is 1. The summed E-state index contributed by atoms with van der Waals surface area (Å²) in [6.07, 6.45) is 7.97. The number of benzene rings is 1. The summed E-state index contributed by atoms with van der Waals surface area (Å²) in [4.78, 5) is 6.75. The van der Waals surface area contributed by atoms with Gasteiger partial charge < -0.3 is 10.2 Å². The molecule has 0 saturated carbocycles. The van der Waals surface area contributed by atoms with Gasteiger partial charge in [0, 0.05) is 17.9 Å². The van der Waals surface area contributed by atoms with Crippen molar-refractivity contribution in [1.29, 1.82) is 0 Å². The summed E-state index contributed by atoms with van der Waals surface area (Å²) < 4.78 is 0. The van der Waals surface area contributed by atoms with E-state index in [-0.39, 0.29) is 0 Å². The van der Waals surface area contributed by atoms with Gasteiger partial charge in [-0.05, 0) is 50.0 Å². The molecule has 1 aromatic rings. The molecule has 3 heteroatoms. The molecule has 1 saturated heterocycles. The molecule has 2 aliphatic rings. The van der Waals surface area contributed by atoms with Crippen LogP contribution in [0, 0.1) is 0 Å². The van der Waals surface area contributed by atoms with Gasteiger partial charge in [-0.1, -0.05) is 12.1 Å². The number of rotatable bonds is 3. The lowest BCUT2D eigenvalue weighted by Gasteiger charge is -2.38. The molecule has 1 unspecified atom stereocenters. The van der Waals surface area contributed by atoms with Gasteiger partial charge in [0.05, 0.1) is 18.9 Å². The summed E-state index contributed by atoms with van der Waals surface area (Å²) in [5.41, 5.74) is 4.03. The molecule has 2 aliphatic heterocycles. The van der Waals surface area contributed by atoms with Gasteiger partial charge in [0.15, 0.2) is 0 Å². The normalized spacial score (nSPS) is 21.8. The molecule has 19 heavy (non-hydrogen) atoms. The minimum Gasteiger partial charge on any atom is -0.385 e. The highest BCUT2D eigenvalue weighted by Crippen LogP contribution is 2.36. The zero-order valence-electron chi connectivity index (χ0n) is 11.5. The Hall–Kier alpha value is -1.77. The van der Waals surface area contributed by atoms with Crippen LogP contribution in [-0.2, 0) is 0 Å². The maximum atomic E-state index is 4.40. The van der Waals surface area contributed by atoms with Gasteiger partial charge in [-0.3, -0.25) is 4.99 Å². The third kappa shape index (κ3) is 2.50. The van der Waals surface area contributed by atoms with E-state index in [2.05, 4.69) is 52.5 Å². The topological polar surface area (TPSA) is 27.6 Å². The summed E-state index contributed by atoms with van der Waals surface area (Å²) in [7, 11) is 0. The summed E-state index contributed by atoms with van der Waals surface area (Å²) in [5, 5.41) is 3.34. The van der Waals surface area contributed by atoms with E-state index >= 15 is 0 Å². The second-order valence-corrected chi connectivity index (χ2v) is 5.14. The van der Waals surface area contributed by atoms with Gasteiger partial charge in [-0.2, -0.15) is 0 Å². The van der Waals surface area contributed by atoms with Crippen molar-refractivity contribution in [1.82, 2.24) is 4.90 Å². The van der Waals surface area contributed by atoms with Crippen LogP contribution in [0.2, 0.25) is 0 Å². The number of allylic oxidation sites excluding steroid dienone is 1. The molecule has 2 heterocycles. The van der Waals surface area contributed by atoms with Gasteiger partial charge in [-0.25, -0.2) is 0 Å². The maximum Gasteiger partial charge on any atom is 0.0901 e. The number of piperidine rings is 1. The third-order valence-corrected chi connectivity index (χ3v) is 3.89. The minimum absolute atomic E-state index is 0.458. The number of hydrogen-bond acceptors (Lipinski definition) is 3. The molecule has 1 fully saturated rings. The lowest BCUT2D eigenvalue weighted by molar-refractivity contribution is 0.305. The van der Waals surface area contributed by atoms with E-state index in [1.807, 2.05) is 6.34 Å². The largest absolute Gasteiger partial charge is 0.385 e. The lowest BCUT2D eigenvalue weighted by atomic mass is 9.93. The number of nitrogens with one attached hydrogen (secondary N) is 1. The molecule has 0 amide bonds. The van der Waals surface area contributed by atoms with Crippen molar-refractivity contribution in [2.45, 2.75) is 32.2 Å². The Balaban J connectivity index is 1.82. The first-order valence-corrected chi connectivity index (χ1v) is 7.19. The standard InChI is InChI=1S/C16H21N3/c1-2-18-14-8-6-13(7-9-14)16-5-3-4-15-10-11-17-12-19(15)16/h6-10,12,16,18H,2-5,11H2,1H3. The van der Waals surface area contributed by atoms with E-state index in [1.165, 1.54) is 36.2 Å². The minimum atomic E-state index is 0.458. The Morgan fingerprint density at radius 3 is 2.95 bits per heavy atom. The quantitative estimate of drug-likeness (QED) is 0.894. The average molecular weight is 255 g/mol. The summed E-state index contributed by atoms with van der Waals surface area (Å²) in [6.45, 7) is 3.93. The van der Waals surface area contributed by atoms with Crippen LogP contribution in [0.15, 0.2) is 41.0 Å². The molecule has 0 aliphatic carbocycles. The Labute approximate surface area is 115 Å². The van der Waals surface area contributed by atoms with Crippen LogP contribution in [0.4, 0.5) is 5.69 Å². The second-order valence-electron chi connectivity index (χ2n) is 5.14. The SMILES string of the molecule is CCNc1ccc(C2CCCC3=CCN=CN32)cc1. The van der Waals surface area contributed by atoms with Crippen molar-refractivity contribution >= 4 is 12.0 Å². The smallest absolute Gasteiger partial charge is 0.0901 e. The number of anilines is 1. The lowest BCUT2D eigenvalue weighted by Crippen LogP contribution is -2.32. The van der Waals surface area contributed by atoms with Gasteiger partial charge in [0.2, 0.25) is 0 Å². The Morgan fingerprint density at radius 2 is 2.16 bits per heavy atom. The molecule has 0 aromatic heterocycles.